The fourth-order valence-corrected chi connectivity index (χ4v) is 6.75. The number of rotatable bonds is 19. The van der Waals surface area contributed by atoms with Gasteiger partial charge in [0.1, 0.15) is 24.4 Å². The van der Waals surface area contributed by atoms with E-state index in [4.69, 9.17) is 14.2 Å². The van der Waals surface area contributed by atoms with Crippen LogP contribution in [0.3, 0.4) is 0 Å². The molecule has 288 valence electrons. The number of hydrogen-bond acceptors (Lipinski definition) is 8. The molecule has 0 radical (unpaired) electrons. The molecule has 0 unspecified atom stereocenters. The van der Waals surface area contributed by atoms with E-state index in [-0.39, 0.29) is 43.7 Å². The number of benzene rings is 2. The first-order valence-corrected chi connectivity index (χ1v) is 19.0. The summed E-state index contributed by atoms with van der Waals surface area (Å²) in [5.74, 6) is -2.36. The minimum absolute atomic E-state index is 0.0609. The molecule has 0 bridgehead atoms. The minimum Gasteiger partial charge on any atom is -0.456 e. The molecule has 0 saturated carbocycles. The Hall–Kier alpha value is -4.32. The summed E-state index contributed by atoms with van der Waals surface area (Å²) in [6, 6.07) is 15.3. The van der Waals surface area contributed by atoms with Crippen molar-refractivity contribution in [3.05, 3.63) is 89.0 Å². The van der Waals surface area contributed by atoms with Crippen molar-refractivity contribution < 1.29 is 38.5 Å². The Kier molecular flexibility index (Phi) is 15.8. The molecule has 53 heavy (non-hydrogen) atoms. The molecule has 1 aliphatic heterocycles. The highest BCUT2D eigenvalue weighted by atomic mass is 16.8. The van der Waals surface area contributed by atoms with Crippen LogP contribution in [0.15, 0.2) is 72.3 Å². The van der Waals surface area contributed by atoms with E-state index < -0.39 is 36.1 Å². The van der Waals surface area contributed by atoms with Gasteiger partial charge in [-0.1, -0.05) is 82.0 Å². The molecule has 1 aliphatic carbocycles. The summed E-state index contributed by atoms with van der Waals surface area (Å²) in [7, 11) is 4.94. The van der Waals surface area contributed by atoms with E-state index in [0.29, 0.717) is 24.0 Å². The van der Waals surface area contributed by atoms with Gasteiger partial charge in [0.2, 0.25) is 17.7 Å². The monoisotopic (exact) mass is 731 g/mol. The molecule has 1 heterocycles. The van der Waals surface area contributed by atoms with Crippen molar-refractivity contribution in [2.75, 3.05) is 34.3 Å². The Balaban J connectivity index is 1.63. The molecule has 11 heteroatoms. The molecule has 3 amide bonds. The number of nitrogens with one attached hydrogen (secondary N) is 1. The summed E-state index contributed by atoms with van der Waals surface area (Å²) >= 11 is 0. The molecule has 2 aromatic carbocycles. The second-order valence-corrected chi connectivity index (χ2v) is 14.2. The fraction of sp³-hybridized carbons (Fsp3) is 0.524. The maximum absolute atomic E-state index is 14.3. The molecule has 1 fully saturated rings. The smallest absolute Gasteiger partial charge is 0.338 e. The third-order valence-electron chi connectivity index (χ3n) is 9.81. The highest BCUT2D eigenvalue weighted by molar-refractivity contribution is 5.97. The lowest BCUT2D eigenvalue weighted by Crippen LogP contribution is -2.51. The molecular formula is C42H57N3O8. The summed E-state index contributed by atoms with van der Waals surface area (Å²) in [6.07, 6.45) is 10.5. The SMILES string of the molecule is CCCCCC1(CCCCC)O[C@@H]2[C@@H](C=C(C(=O)N(C)[C@H](Cc3ccccc3)C(=O)NCCO)C[C@H]2OC(=O)c2ccc(C=CC(=O)N(C)C)cc2)O1. The van der Waals surface area contributed by atoms with Gasteiger partial charge in [0.05, 0.1) is 12.2 Å². The number of carbonyl (C=O) groups is 4. The first kappa shape index (κ1) is 41.4. The lowest BCUT2D eigenvalue weighted by molar-refractivity contribution is -0.190. The number of ether oxygens (including phenoxy) is 3. The van der Waals surface area contributed by atoms with Crippen molar-refractivity contribution >= 4 is 29.8 Å². The van der Waals surface area contributed by atoms with Crippen molar-refractivity contribution in [1.82, 2.24) is 15.1 Å². The number of likely N-dealkylation sites (N-methyl/N-ethyl adjacent to an activating group) is 2. The van der Waals surface area contributed by atoms with Crippen LogP contribution in [0.25, 0.3) is 6.08 Å². The van der Waals surface area contributed by atoms with Crippen molar-refractivity contribution in [2.45, 2.75) is 108 Å². The number of carbonyl (C=O) groups excluding carboxylic acids is 4. The first-order chi connectivity index (χ1) is 25.5. The van der Waals surface area contributed by atoms with Crippen molar-refractivity contribution in [1.29, 1.82) is 0 Å². The van der Waals surface area contributed by atoms with Crippen LogP contribution in [-0.2, 0) is 35.0 Å². The first-order valence-electron chi connectivity index (χ1n) is 19.0. The molecular weight excluding hydrogens is 674 g/mol. The largest absolute Gasteiger partial charge is 0.456 e. The van der Waals surface area contributed by atoms with E-state index in [1.165, 1.54) is 15.9 Å². The zero-order chi connectivity index (χ0) is 38.4. The number of esters is 1. The normalized spacial score (nSPS) is 19.6. The van der Waals surface area contributed by atoms with Gasteiger partial charge in [0.15, 0.2) is 5.79 Å². The summed E-state index contributed by atoms with van der Waals surface area (Å²) in [6.45, 7) is 4.13. The summed E-state index contributed by atoms with van der Waals surface area (Å²) in [5.41, 5.74) is 2.31. The molecule has 0 aromatic heterocycles. The zero-order valence-corrected chi connectivity index (χ0v) is 31.9. The van der Waals surface area contributed by atoms with Gasteiger partial charge in [-0.25, -0.2) is 4.79 Å². The van der Waals surface area contributed by atoms with Crippen molar-refractivity contribution in [3.63, 3.8) is 0 Å². The fourth-order valence-electron chi connectivity index (χ4n) is 6.75. The topological polar surface area (TPSA) is 135 Å². The third kappa shape index (κ3) is 11.6. The molecule has 11 nitrogen and oxygen atoms in total. The number of nitrogens with zero attached hydrogens (tertiary/aromatic N) is 2. The minimum atomic E-state index is -0.872. The van der Waals surface area contributed by atoms with Crippen LogP contribution >= 0.6 is 0 Å². The highest BCUT2D eigenvalue weighted by Gasteiger charge is 2.52. The maximum atomic E-state index is 14.3. The molecule has 4 atom stereocenters. The van der Waals surface area contributed by atoms with E-state index in [1.54, 1.807) is 57.6 Å². The molecule has 1 saturated heterocycles. The van der Waals surface area contributed by atoms with E-state index >= 15 is 0 Å². The van der Waals surface area contributed by atoms with Crippen molar-refractivity contribution in [2.24, 2.45) is 0 Å². The summed E-state index contributed by atoms with van der Waals surface area (Å²) < 4.78 is 19.7. The predicted molar refractivity (Wildman–Crippen MR) is 204 cm³/mol. The number of fused-ring (bicyclic) bond motifs is 1. The van der Waals surface area contributed by atoms with Crippen LogP contribution in [0.2, 0.25) is 0 Å². The van der Waals surface area contributed by atoms with E-state index in [9.17, 15) is 24.3 Å². The Bertz CT molecular complexity index is 1560. The van der Waals surface area contributed by atoms with Gasteiger partial charge in [-0.3, -0.25) is 14.4 Å². The predicted octanol–water partition coefficient (Wildman–Crippen LogP) is 5.46. The molecule has 0 spiro atoms. The number of hydrogen-bond donors (Lipinski definition) is 2. The second kappa shape index (κ2) is 20.2. The van der Waals surface area contributed by atoms with Gasteiger partial charge in [0.25, 0.3) is 0 Å². The molecule has 2 N–H and O–H groups in total. The van der Waals surface area contributed by atoms with Crippen LogP contribution < -0.4 is 5.32 Å². The van der Waals surface area contributed by atoms with Gasteiger partial charge in [-0.05, 0) is 48.3 Å². The highest BCUT2D eigenvalue weighted by Crippen LogP contribution is 2.43. The van der Waals surface area contributed by atoms with Crippen LogP contribution in [0, 0.1) is 0 Å². The van der Waals surface area contributed by atoms with Crippen LogP contribution in [0.1, 0.15) is 93.1 Å². The van der Waals surface area contributed by atoms with Gasteiger partial charge < -0.3 is 34.4 Å². The van der Waals surface area contributed by atoms with E-state index in [0.717, 1.165) is 49.7 Å². The van der Waals surface area contributed by atoms with Gasteiger partial charge in [0, 0.05) is 65.0 Å². The Morgan fingerprint density at radius 2 is 1.60 bits per heavy atom. The van der Waals surface area contributed by atoms with Gasteiger partial charge in [-0.2, -0.15) is 0 Å². The summed E-state index contributed by atoms with van der Waals surface area (Å²) in [5, 5.41) is 12.1. The average molecular weight is 732 g/mol. The molecule has 2 aromatic rings. The lowest BCUT2D eigenvalue weighted by atomic mass is 9.90. The van der Waals surface area contributed by atoms with Crippen LogP contribution in [-0.4, -0.2) is 103 Å². The van der Waals surface area contributed by atoms with Gasteiger partial charge in [-0.15, -0.1) is 0 Å². The second-order valence-electron chi connectivity index (χ2n) is 14.2. The number of amides is 3. The number of aliphatic hydroxyl groups is 1. The maximum Gasteiger partial charge on any atom is 0.338 e. The Labute approximate surface area is 314 Å². The van der Waals surface area contributed by atoms with Crippen LogP contribution in [0.5, 0.6) is 0 Å². The lowest BCUT2D eigenvalue weighted by Gasteiger charge is -2.33. The number of unbranched alkanes of at least 4 members (excludes halogenated alkanes) is 4. The van der Waals surface area contributed by atoms with Crippen molar-refractivity contribution in [3.8, 4) is 0 Å². The van der Waals surface area contributed by atoms with Crippen LogP contribution in [0.4, 0.5) is 0 Å². The van der Waals surface area contributed by atoms with E-state index in [2.05, 4.69) is 19.2 Å². The quantitative estimate of drug-likeness (QED) is 0.111. The standard InChI is InChI=1S/C42H57N3O8/c1-6-8-13-23-42(24-14-9-7-2)52-36-29-33(40(49)45(5)34(39(48)43-25-26-46)27-31-15-11-10-12-16-31)28-35(38(36)53-42)51-41(50)32-20-17-30(18-21-32)19-22-37(47)44(3)4/h10-12,15-22,29,34-36,38,46H,6-9,13-14,23-28H2,1-5H3,(H,43,48)/t34-,35-,36-,38+/m1/s1. The van der Waals surface area contributed by atoms with Gasteiger partial charge >= 0.3 is 5.97 Å². The third-order valence-corrected chi connectivity index (χ3v) is 9.81. The molecule has 4 rings (SSSR count). The summed E-state index contributed by atoms with van der Waals surface area (Å²) in [4.78, 5) is 56.3. The Morgan fingerprint density at radius 1 is 0.943 bits per heavy atom. The number of aliphatic hydroxyl groups excluding tert-OH is 1. The average Bonchev–Trinajstić information content (AvgIpc) is 3.53. The Morgan fingerprint density at radius 3 is 2.21 bits per heavy atom. The molecule has 2 aliphatic rings. The van der Waals surface area contributed by atoms with E-state index in [1.807, 2.05) is 30.3 Å². The zero-order valence-electron chi connectivity index (χ0n) is 31.9.